The lowest BCUT2D eigenvalue weighted by Gasteiger charge is -2.10. The predicted molar refractivity (Wildman–Crippen MR) is 113 cm³/mol. The molecule has 0 spiro atoms. The molecule has 3 nitrogen and oxygen atoms in total. The van der Waals surface area contributed by atoms with E-state index in [1.807, 2.05) is 36.4 Å². The van der Waals surface area contributed by atoms with Crippen LogP contribution in [-0.2, 0) is 6.61 Å². The van der Waals surface area contributed by atoms with Crippen molar-refractivity contribution in [3.05, 3.63) is 98.3 Å². The van der Waals surface area contributed by atoms with Gasteiger partial charge in [0.15, 0.2) is 0 Å². The van der Waals surface area contributed by atoms with E-state index in [4.69, 9.17) is 32.4 Å². The van der Waals surface area contributed by atoms with Gasteiger partial charge in [0.25, 0.3) is 0 Å². The van der Waals surface area contributed by atoms with Gasteiger partial charge in [0.1, 0.15) is 23.7 Å². The Bertz CT molecular complexity index is 1210. The van der Waals surface area contributed by atoms with Crippen LogP contribution in [0.1, 0.15) is 11.3 Å². The van der Waals surface area contributed by atoms with E-state index in [1.165, 1.54) is 0 Å². The molecule has 3 aromatic carbocycles. The van der Waals surface area contributed by atoms with Crippen LogP contribution >= 0.6 is 23.2 Å². The summed E-state index contributed by atoms with van der Waals surface area (Å²) in [5.74, 6) is 1.15. The molecule has 140 valence electrons. The minimum Gasteiger partial charge on any atom is -0.489 e. The molecule has 0 atom stereocenters. The van der Waals surface area contributed by atoms with E-state index >= 15 is 0 Å². The maximum absolute atomic E-state index is 13.0. The van der Waals surface area contributed by atoms with Gasteiger partial charge < -0.3 is 9.15 Å². The van der Waals surface area contributed by atoms with E-state index in [2.05, 4.69) is 0 Å². The number of benzene rings is 3. The largest absolute Gasteiger partial charge is 0.489 e. The average Bonchev–Trinajstić information content (AvgIpc) is 2.68. The van der Waals surface area contributed by atoms with Crippen molar-refractivity contribution < 1.29 is 9.15 Å². The van der Waals surface area contributed by atoms with Gasteiger partial charge in [0.2, 0.25) is 5.43 Å². The summed E-state index contributed by atoms with van der Waals surface area (Å²) in [5, 5.41) is 1.77. The average molecular weight is 411 g/mol. The molecule has 1 heterocycles. The minimum absolute atomic E-state index is 0.0845. The monoisotopic (exact) mass is 410 g/mol. The molecule has 0 unspecified atom stereocenters. The smallest absolute Gasteiger partial charge is 0.200 e. The summed E-state index contributed by atoms with van der Waals surface area (Å²) in [5.41, 5.74) is 2.60. The van der Waals surface area contributed by atoms with Crippen LogP contribution in [0, 0.1) is 6.92 Å². The number of fused-ring (bicyclic) bond motifs is 1. The molecule has 0 saturated carbocycles. The number of hydrogen-bond acceptors (Lipinski definition) is 3. The maximum Gasteiger partial charge on any atom is 0.200 e. The number of rotatable bonds is 4. The Morgan fingerprint density at radius 3 is 2.46 bits per heavy atom. The summed E-state index contributed by atoms with van der Waals surface area (Å²) in [6.07, 6.45) is 0. The van der Waals surface area contributed by atoms with Crippen molar-refractivity contribution in [2.24, 2.45) is 0 Å². The third-order valence-electron chi connectivity index (χ3n) is 4.52. The molecule has 28 heavy (non-hydrogen) atoms. The number of ether oxygens (including phenoxy) is 1. The molecule has 5 heteroatoms. The first-order valence-electron chi connectivity index (χ1n) is 8.72. The van der Waals surface area contributed by atoms with E-state index in [0.717, 1.165) is 11.1 Å². The van der Waals surface area contributed by atoms with Crippen LogP contribution in [-0.4, -0.2) is 0 Å². The van der Waals surface area contributed by atoms with Crippen LogP contribution < -0.4 is 10.2 Å². The Morgan fingerprint density at radius 1 is 0.964 bits per heavy atom. The second-order valence-corrected chi connectivity index (χ2v) is 7.25. The van der Waals surface area contributed by atoms with Gasteiger partial charge in [-0.05, 0) is 42.8 Å². The highest BCUT2D eigenvalue weighted by atomic mass is 35.5. The second-order valence-electron chi connectivity index (χ2n) is 6.41. The van der Waals surface area contributed by atoms with Gasteiger partial charge in [-0.2, -0.15) is 0 Å². The molecule has 0 aliphatic rings. The Kier molecular flexibility index (Phi) is 5.12. The van der Waals surface area contributed by atoms with Gasteiger partial charge in [-0.1, -0.05) is 53.5 Å². The van der Waals surface area contributed by atoms with Gasteiger partial charge in [0, 0.05) is 21.7 Å². The Labute approximate surface area is 172 Å². The molecule has 0 N–H and O–H groups in total. The summed E-state index contributed by atoms with van der Waals surface area (Å²) in [6, 6.07) is 19.9. The van der Waals surface area contributed by atoms with Gasteiger partial charge in [-0.3, -0.25) is 4.79 Å². The molecule has 1 aromatic heterocycles. The molecule has 0 amide bonds. The highest BCUT2D eigenvalue weighted by Gasteiger charge is 2.14. The van der Waals surface area contributed by atoms with Gasteiger partial charge in [-0.15, -0.1) is 0 Å². The highest BCUT2D eigenvalue weighted by Crippen LogP contribution is 2.28. The summed E-state index contributed by atoms with van der Waals surface area (Å²) in [4.78, 5) is 13.0. The van der Waals surface area contributed by atoms with Gasteiger partial charge in [-0.25, -0.2) is 0 Å². The van der Waals surface area contributed by atoms with Crippen molar-refractivity contribution in [1.82, 2.24) is 0 Å². The Balaban J connectivity index is 1.69. The lowest BCUT2D eigenvalue weighted by molar-refractivity contribution is 0.306. The zero-order chi connectivity index (χ0) is 19.7. The van der Waals surface area contributed by atoms with Crippen molar-refractivity contribution in [2.45, 2.75) is 13.5 Å². The zero-order valence-corrected chi connectivity index (χ0v) is 16.6. The molecule has 0 aliphatic carbocycles. The summed E-state index contributed by atoms with van der Waals surface area (Å²) in [6.45, 7) is 2.11. The summed E-state index contributed by atoms with van der Waals surface area (Å²) < 4.78 is 11.8. The maximum atomic E-state index is 13.0. The van der Waals surface area contributed by atoms with Crippen molar-refractivity contribution in [1.29, 1.82) is 0 Å². The molecule has 0 fully saturated rings. The highest BCUT2D eigenvalue weighted by molar-refractivity contribution is 6.31. The van der Waals surface area contributed by atoms with Gasteiger partial charge >= 0.3 is 0 Å². The minimum atomic E-state index is -0.0845. The van der Waals surface area contributed by atoms with E-state index in [1.54, 1.807) is 37.3 Å². The SMILES string of the molecule is Cc1oc2cc(OCc3ccccc3Cl)ccc2c(=O)c1-c1ccc(Cl)cc1. The molecule has 0 aliphatic heterocycles. The van der Waals surface area contributed by atoms with Gasteiger partial charge in [0.05, 0.1) is 10.9 Å². The van der Waals surface area contributed by atoms with Crippen LogP contribution in [0.4, 0.5) is 0 Å². The fourth-order valence-electron chi connectivity index (χ4n) is 3.10. The first-order chi connectivity index (χ1) is 13.5. The van der Waals surface area contributed by atoms with Crippen LogP contribution in [0.15, 0.2) is 75.9 Å². The second kappa shape index (κ2) is 7.70. The molecule has 0 bridgehead atoms. The van der Waals surface area contributed by atoms with Crippen molar-refractivity contribution in [3.63, 3.8) is 0 Å². The molecular formula is C23H16Cl2O3. The number of aryl methyl sites for hydroxylation is 1. The van der Waals surface area contributed by atoms with Crippen molar-refractivity contribution >= 4 is 34.2 Å². The lowest BCUT2D eigenvalue weighted by Crippen LogP contribution is -2.07. The standard InChI is InChI=1S/C23H16Cl2O3/c1-14-22(15-6-8-17(24)9-7-15)23(26)19-11-10-18(12-21(19)28-14)27-13-16-4-2-3-5-20(16)25/h2-12H,13H2,1H3. The molecule has 4 aromatic rings. The van der Waals surface area contributed by atoms with Crippen molar-refractivity contribution in [2.75, 3.05) is 0 Å². The fraction of sp³-hybridized carbons (Fsp3) is 0.0870. The Morgan fingerprint density at radius 2 is 1.71 bits per heavy atom. The van der Waals surface area contributed by atoms with Crippen LogP contribution in [0.25, 0.3) is 22.1 Å². The third kappa shape index (κ3) is 3.64. The lowest BCUT2D eigenvalue weighted by atomic mass is 10.0. The van der Waals surface area contributed by atoms with Crippen LogP contribution in [0.3, 0.4) is 0 Å². The summed E-state index contributed by atoms with van der Waals surface area (Å²) >= 11 is 12.1. The quantitative estimate of drug-likeness (QED) is 0.377. The van der Waals surface area contributed by atoms with E-state index < -0.39 is 0 Å². The molecule has 0 radical (unpaired) electrons. The van der Waals surface area contributed by atoms with E-state index in [-0.39, 0.29) is 5.43 Å². The van der Waals surface area contributed by atoms with Crippen molar-refractivity contribution in [3.8, 4) is 16.9 Å². The fourth-order valence-corrected chi connectivity index (χ4v) is 3.42. The summed E-state index contributed by atoms with van der Waals surface area (Å²) in [7, 11) is 0. The topological polar surface area (TPSA) is 39.4 Å². The zero-order valence-electron chi connectivity index (χ0n) is 15.0. The first kappa shape index (κ1) is 18.6. The van der Waals surface area contributed by atoms with Crippen LogP contribution in [0.2, 0.25) is 10.0 Å². The Hall–Kier alpha value is -2.75. The van der Waals surface area contributed by atoms with E-state index in [9.17, 15) is 4.79 Å². The van der Waals surface area contributed by atoms with Crippen LogP contribution in [0.5, 0.6) is 5.75 Å². The molecule has 0 saturated heterocycles. The predicted octanol–water partition coefficient (Wildman–Crippen LogP) is 6.65. The first-order valence-corrected chi connectivity index (χ1v) is 9.48. The molecule has 4 rings (SSSR count). The molecular weight excluding hydrogens is 395 g/mol. The normalized spacial score (nSPS) is 11.0. The number of halogens is 2. The number of hydrogen-bond donors (Lipinski definition) is 0. The third-order valence-corrected chi connectivity index (χ3v) is 5.15. The van der Waals surface area contributed by atoms with E-state index in [0.29, 0.717) is 44.7 Å².